The fourth-order valence-electron chi connectivity index (χ4n) is 1.38. The third kappa shape index (κ3) is 3.72. The number of rotatable bonds is 2. The quantitative estimate of drug-likeness (QED) is 0.727. The van der Waals surface area contributed by atoms with Crippen LogP contribution in [-0.2, 0) is 6.54 Å². The maximum Gasteiger partial charge on any atom is 0.448 e. The van der Waals surface area contributed by atoms with Crippen LogP contribution in [0.1, 0.15) is 15.9 Å². The molecule has 1 heterocycles. The molecule has 0 aliphatic heterocycles. The molecular formula is C11H14F3N2O+. The van der Waals surface area contributed by atoms with Crippen molar-refractivity contribution in [3.8, 4) is 0 Å². The Balaban J connectivity index is 3.07. The molecule has 1 aromatic heterocycles. The fourth-order valence-corrected chi connectivity index (χ4v) is 1.38. The average Bonchev–Trinajstić information content (AvgIpc) is 2.17. The summed E-state index contributed by atoms with van der Waals surface area (Å²) in [4.78, 5) is 13.0. The summed E-state index contributed by atoms with van der Waals surface area (Å²) in [5.74, 6) is -0.306. The first-order valence-corrected chi connectivity index (χ1v) is 4.99. The molecule has 0 aliphatic carbocycles. The van der Waals surface area contributed by atoms with E-state index in [9.17, 15) is 18.0 Å². The summed E-state index contributed by atoms with van der Waals surface area (Å²) < 4.78 is 37.6. The highest BCUT2D eigenvalue weighted by Crippen LogP contribution is 2.14. The van der Waals surface area contributed by atoms with Gasteiger partial charge in [0.05, 0.1) is 0 Å². The van der Waals surface area contributed by atoms with E-state index in [1.54, 1.807) is 21.0 Å². The standard InChI is InChI=1S/C11H14F3N2O/c1-8-4-5-16(7-11(12,13)14)6-9(8)10(17)15(2)3/h4-6H,7H2,1-3H3/q+1. The molecule has 6 heteroatoms. The molecule has 0 aliphatic rings. The van der Waals surface area contributed by atoms with Crippen LogP contribution in [0.2, 0.25) is 0 Å². The first-order valence-electron chi connectivity index (χ1n) is 4.99. The van der Waals surface area contributed by atoms with E-state index in [0.717, 1.165) is 4.57 Å². The molecule has 0 radical (unpaired) electrons. The first-order chi connectivity index (χ1) is 7.70. The van der Waals surface area contributed by atoms with E-state index in [2.05, 4.69) is 0 Å². The Hall–Kier alpha value is -1.59. The number of carbonyl (C=O) groups is 1. The summed E-state index contributed by atoms with van der Waals surface area (Å²) in [5.41, 5.74) is 0.934. The zero-order valence-corrected chi connectivity index (χ0v) is 9.88. The molecular weight excluding hydrogens is 233 g/mol. The highest BCUT2D eigenvalue weighted by atomic mass is 19.4. The molecule has 0 bridgehead atoms. The Morgan fingerprint density at radius 1 is 1.41 bits per heavy atom. The van der Waals surface area contributed by atoms with Crippen molar-refractivity contribution in [2.45, 2.75) is 19.6 Å². The van der Waals surface area contributed by atoms with Gasteiger partial charge in [0.2, 0.25) is 6.54 Å². The second-order valence-corrected chi connectivity index (χ2v) is 4.03. The Kier molecular flexibility index (Phi) is 3.75. The fraction of sp³-hybridized carbons (Fsp3) is 0.455. The van der Waals surface area contributed by atoms with Crippen molar-refractivity contribution in [2.75, 3.05) is 14.1 Å². The summed E-state index contributed by atoms with van der Waals surface area (Å²) >= 11 is 0. The summed E-state index contributed by atoms with van der Waals surface area (Å²) in [6.45, 7) is 0.593. The second-order valence-electron chi connectivity index (χ2n) is 4.03. The average molecular weight is 247 g/mol. The molecule has 94 valence electrons. The van der Waals surface area contributed by atoms with E-state index in [-0.39, 0.29) is 11.5 Å². The molecule has 0 aromatic carbocycles. The molecule has 1 amide bonds. The number of hydrogen-bond donors (Lipinski definition) is 0. The Morgan fingerprint density at radius 3 is 2.47 bits per heavy atom. The summed E-state index contributed by atoms with van der Waals surface area (Å²) in [5, 5.41) is 0. The highest BCUT2D eigenvalue weighted by molar-refractivity contribution is 5.94. The minimum absolute atomic E-state index is 0.279. The molecule has 0 atom stereocenters. The monoisotopic (exact) mass is 247 g/mol. The van der Waals surface area contributed by atoms with E-state index in [4.69, 9.17) is 0 Å². The Bertz CT molecular complexity index is 427. The molecule has 0 saturated carbocycles. The van der Waals surface area contributed by atoms with Crippen LogP contribution in [0.3, 0.4) is 0 Å². The minimum Gasteiger partial charge on any atom is -0.345 e. The van der Waals surface area contributed by atoms with E-state index < -0.39 is 12.7 Å². The van der Waals surface area contributed by atoms with Crippen LogP contribution in [0.5, 0.6) is 0 Å². The van der Waals surface area contributed by atoms with Crippen molar-refractivity contribution in [3.05, 3.63) is 29.6 Å². The van der Waals surface area contributed by atoms with Crippen molar-refractivity contribution >= 4 is 5.91 Å². The number of pyridine rings is 1. The number of carbonyl (C=O) groups excluding carboxylic acids is 1. The van der Waals surface area contributed by atoms with Crippen molar-refractivity contribution in [2.24, 2.45) is 0 Å². The predicted molar refractivity (Wildman–Crippen MR) is 55.4 cm³/mol. The summed E-state index contributed by atoms with van der Waals surface area (Å²) in [6.07, 6.45) is -1.75. The van der Waals surface area contributed by atoms with Crippen LogP contribution in [0.25, 0.3) is 0 Å². The van der Waals surface area contributed by atoms with Crippen molar-refractivity contribution in [3.63, 3.8) is 0 Å². The molecule has 0 spiro atoms. The number of nitrogens with zero attached hydrogens (tertiary/aromatic N) is 2. The molecule has 0 saturated heterocycles. The lowest BCUT2D eigenvalue weighted by molar-refractivity contribution is -0.719. The summed E-state index contributed by atoms with van der Waals surface area (Å²) in [6, 6.07) is 1.50. The van der Waals surface area contributed by atoms with Crippen LogP contribution in [0, 0.1) is 6.92 Å². The molecule has 1 rings (SSSR count). The highest BCUT2D eigenvalue weighted by Gasteiger charge is 2.33. The first kappa shape index (κ1) is 13.5. The van der Waals surface area contributed by atoms with Crippen molar-refractivity contribution in [1.29, 1.82) is 0 Å². The van der Waals surface area contributed by atoms with Gasteiger partial charge in [-0.1, -0.05) is 0 Å². The largest absolute Gasteiger partial charge is 0.448 e. The molecule has 3 nitrogen and oxygen atoms in total. The van der Waals surface area contributed by atoms with E-state index in [0.29, 0.717) is 5.56 Å². The molecule has 17 heavy (non-hydrogen) atoms. The lowest BCUT2D eigenvalue weighted by atomic mass is 10.1. The van der Waals surface area contributed by atoms with Crippen molar-refractivity contribution < 1.29 is 22.5 Å². The second kappa shape index (κ2) is 4.73. The number of amides is 1. The van der Waals surface area contributed by atoms with Gasteiger partial charge in [-0.05, 0) is 12.5 Å². The van der Waals surface area contributed by atoms with E-state index in [1.807, 2.05) is 0 Å². The Morgan fingerprint density at radius 2 is 2.00 bits per heavy atom. The van der Waals surface area contributed by atoms with Gasteiger partial charge >= 0.3 is 6.18 Å². The topological polar surface area (TPSA) is 24.2 Å². The van der Waals surface area contributed by atoms with Gasteiger partial charge in [-0.25, -0.2) is 0 Å². The summed E-state index contributed by atoms with van der Waals surface area (Å²) in [7, 11) is 3.12. The van der Waals surface area contributed by atoms with Crippen LogP contribution >= 0.6 is 0 Å². The lowest BCUT2D eigenvalue weighted by Gasteiger charge is -2.11. The molecule has 0 fully saturated rings. The number of alkyl halides is 3. The number of halogens is 3. The van der Waals surface area contributed by atoms with Gasteiger partial charge in [0.25, 0.3) is 5.91 Å². The van der Waals surface area contributed by atoms with Crippen LogP contribution in [0.4, 0.5) is 13.2 Å². The zero-order valence-electron chi connectivity index (χ0n) is 9.88. The van der Waals surface area contributed by atoms with Crippen LogP contribution in [0.15, 0.2) is 18.5 Å². The van der Waals surface area contributed by atoms with Gasteiger partial charge in [-0.3, -0.25) is 4.79 Å². The molecule has 1 aromatic rings. The predicted octanol–water partition coefficient (Wildman–Crippen LogP) is 1.55. The third-order valence-corrected chi connectivity index (χ3v) is 2.23. The smallest absolute Gasteiger partial charge is 0.345 e. The zero-order chi connectivity index (χ0) is 13.2. The SMILES string of the molecule is Cc1cc[n+](CC(F)(F)F)cc1C(=O)N(C)C. The van der Waals surface area contributed by atoms with Gasteiger partial charge in [0, 0.05) is 20.2 Å². The number of hydrogen-bond acceptors (Lipinski definition) is 1. The maximum atomic E-state index is 12.2. The lowest BCUT2D eigenvalue weighted by Crippen LogP contribution is -2.42. The van der Waals surface area contributed by atoms with Gasteiger partial charge in [0.1, 0.15) is 5.56 Å². The van der Waals surface area contributed by atoms with Gasteiger partial charge in [-0.15, -0.1) is 0 Å². The van der Waals surface area contributed by atoms with Crippen molar-refractivity contribution in [1.82, 2.24) is 4.90 Å². The van der Waals surface area contributed by atoms with Gasteiger partial charge < -0.3 is 4.90 Å². The Labute approximate surface area is 97.5 Å². The number of aryl methyl sites for hydroxylation is 1. The maximum absolute atomic E-state index is 12.2. The minimum atomic E-state index is -4.29. The van der Waals surface area contributed by atoms with Crippen LogP contribution in [-0.4, -0.2) is 31.1 Å². The van der Waals surface area contributed by atoms with Gasteiger partial charge in [-0.2, -0.15) is 17.7 Å². The van der Waals surface area contributed by atoms with E-state index in [1.165, 1.54) is 23.4 Å². The molecule has 0 N–H and O–H groups in total. The number of aromatic nitrogens is 1. The van der Waals surface area contributed by atoms with Crippen LogP contribution < -0.4 is 4.57 Å². The van der Waals surface area contributed by atoms with E-state index >= 15 is 0 Å². The normalized spacial score (nSPS) is 11.4. The third-order valence-electron chi connectivity index (χ3n) is 2.23. The molecule has 0 unspecified atom stereocenters. The van der Waals surface area contributed by atoms with Gasteiger partial charge in [0.15, 0.2) is 12.4 Å².